The molecule has 96 valence electrons. The van der Waals surface area contributed by atoms with Crippen molar-refractivity contribution in [3.63, 3.8) is 0 Å². The lowest BCUT2D eigenvalue weighted by Gasteiger charge is -2.18. The van der Waals surface area contributed by atoms with E-state index in [1.807, 2.05) is 13.1 Å². The van der Waals surface area contributed by atoms with E-state index in [1.165, 1.54) is 18.4 Å². The smallest absolute Gasteiger partial charge is 0.124 e. The molecule has 0 saturated heterocycles. The highest BCUT2D eigenvalue weighted by atomic mass is 16.5. The maximum Gasteiger partial charge on any atom is 0.124 e. The maximum atomic E-state index is 5.93. The molecule has 2 atom stereocenters. The highest BCUT2D eigenvalue weighted by Gasteiger charge is 2.10. The van der Waals surface area contributed by atoms with Crippen molar-refractivity contribution in [2.75, 3.05) is 13.7 Å². The SMILES string of the molecule is CCCC(C)COc1ccccc1C(C)NC. The molecule has 0 spiro atoms. The molecule has 1 aromatic rings. The average molecular weight is 235 g/mol. The molecule has 0 heterocycles. The van der Waals surface area contributed by atoms with Crippen LogP contribution >= 0.6 is 0 Å². The molecular formula is C15H25NO. The van der Waals surface area contributed by atoms with Crippen LogP contribution in [0.4, 0.5) is 0 Å². The van der Waals surface area contributed by atoms with E-state index in [0.29, 0.717) is 12.0 Å². The van der Waals surface area contributed by atoms with Gasteiger partial charge in [0, 0.05) is 11.6 Å². The van der Waals surface area contributed by atoms with Crippen LogP contribution in [0.2, 0.25) is 0 Å². The molecule has 1 aromatic carbocycles. The molecule has 2 heteroatoms. The van der Waals surface area contributed by atoms with Crippen molar-refractivity contribution in [2.45, 2.75) is 39.7 Å². The van der Waals surface area contributed by atoms with E-state index in [-0.39, 0.29) is 0 Å². The van der Waals surface area contributed by atoms with Crippen molar-refractivity contribution in [2.24, 2.45) is 5.92 Å². The Labute approximate surface area is 105 Å². The summed E-state index contributed by atoms with van der Waals surface area (Å²) >= 11 is 0. The molecular weight excluding hydrogens is 210 g/mol. The second-order valence-electron chi connectivity index (χ2n) is 4.75. The fourth-order valence-corrected chi connectivity index (χ4v) is 1.93. The van der Waals surface area contributed by atoms with Crippen LogP contribution in [0.25, 0.3) is 0 Å². The van der Waals surface area contributed by atoms with E-state index < -0.39 is 0 Å². The van der Waals surface area contributed by atoms with Gasteiger partial charge in [-0.2, -0.15) is 0 Å². The van der Waals surface area contributed by atoms with Gasteiger partial charge in [0.1, 0.15) is 5.75 Å². The van der Waals surface area contributed by atoms with Gasteiger partial charge in [-0.25, -0.2) is 0 Å². The Hall–Kier alpha value is -1.02. The number of ether oxygens (including phenoxy) is 1. The molecule has 2 unspecified atom stereocenters. The topological polar surface area (TPSA) is 21.3 Å². The van der Waals surface area contributed by atoms with Crippen LogP contribution < -0.4 is 10.1 Å². The fraction of sp³-hybridized carbons (Fsp3) is 0.600. The summed E-state index contributed by atoms with van der Waals surface area (Å²) in [4.78, 5) is 0. The standard InChI is InChI=1S/C15H25NO/c1-5-8-12(2)11-17-15-10-7-6-9-14(15)13(3)16-4/h6-7,9-10,12-13,16H,5,8,11H2,1-4H3. The minimum atomic E-state index is 0.327. The van der Waals surface area contributed by atoms with Gasteiger partial charge in [-0.15, -0.1) is 0 Å². The Morgan fingerprint density at radius 3 is 2.59 bits per heavy atom. The summed E-state index contributed by atoms with van der Waals surface area (Å²) in [5, 5.41) is 3.25. The van der Waals surface area contributed by atoms with E-state index >= 15 is 0 Å². The first-order valence-corrected chi connectivity index (χ1v) is 6.58. The van der Waals surface area contributed by atoms with Crippen LogP contribution in [-0.4, -0.2) is 13.7 Å². The molecule has 2 nitrogen and oxygen atoms in total. The summed E-state index contributed by atoms with van der Waals surface area (Å²) in [6, 6.07) is 8.60. The van der Waals surface area contributed by atoms with Gasteiger partial charge in [0.15, 0.2) is 0 Å². The number of para-hydroxylation sites is 1. The number of hydrogen-bond donors (Lipinski definition) is 1. The average Bonchev–Trinajstić information content (AvgIpc) is 2.36. The van der Waals surface area contributed by atoms with E-state index in [9.17, 15) is 0 Å². The van der Waals surface area contributed by atoms with Crippen molar-refractivity contribution in [3.05, 3.63) is 29.8 Å². The first kappa shape index (κ1) is 14.0. The first-order chi connectivity index (χ1) is 8.19. The molecule has 0 aliphatic rings. The van der Waals surface area contributed by atoms with Crippen LogP contribution in [0.1, 0.15) is 45.2 Å². The fourth-order valence-electron chi connectivity index (χ4n) is 1.93. The van der Waals surface area contributed by atoms with E-state index in [1.54, 1.807) is 0 Å². The monoisotopic (exact) mass is 235 g/mol. The van der Waals surface area contributed by atoms with Gasteiger partial charge < -0.3 is 10.1 Å². The van der Waals surface area contributed by atoms with Crippen LogP contribution in [0.3, 0.4) is 0 Å². The lowest BCUT2D eigenvalue weighted by atomic mass is 10.1. The molecule has 0 fully saturated rings. The number of hydrogen-bond acceptors (Lipinski definition) is 2. The van der Waals surface area contributed by atoms with Crippen molar-refractivity contribution >= 4 is 0 Å². The lowest BCUT2D eigenvalue weighted by Crippen LogP contribution is -2.15. The van der Waals surface area contributed by atoms with Crippen LogP contribution in [0.5, 0.6) is 5.75 Å². The molecule has 0 amide bonds. The molecule has 0 saturated carbocycles. The highest BCUT2D eigenvalue weighted by Crippen LogP contribution is 2.25. The predicted molar refractivity (Wildman–Crippen MR) is 73.5 cm³/mol. The zero-order valence-corrected chi connectivity index (χ0v) is 11.5. The summed E-state index contributed by atoms with van der Waals surface area (Å²) in [6.07, 6.45) is 2.45. The summed E-state index contributed by atoms with van der Waals surface area (Å²) in [7, 11) is 1.97. The number of benzene rings is 1. The first-order valence-electron chi connectivity index (χ1n) is 6.58. The Morgan fingerprint density at radius 1 is 1.24 bits per heavy atom. The second kappa shape index (κ2) is 7.33. The zero-order valence-electron chi connectivity index (χ0n) is 11.5. The highest BCUT2D eigenvalue weighted by molar-refractivity contribution is 5.35. The Kier molecular flexibility index (Phi) is 6.06. The lowest BCUT2D eigenvalue weighted by molar-refractivity contribution is 0.248. The zero-order chi connectivity index (χ0) is 12.7. The quantitative estimate of drug-likeness (QED) is 0.776. The molecule has 0 radical (unpaired) electrons. The van der Waals surface area contributed by atoms with Gasteiger partial charge in [0.05, 0.1) is 6.61 Å². The minimum absolute atomic E-state index is 0.327. The predicted octanol–water partition coefficient (Wildman–Crippen LogP) is 3.78. The summed E-state index contributed by atoms with van der Waals surface area (Å²) in [5.41, 5.74) is 1.23. The van der Waals surface area contributed by atoms with Crippen LogP contribution in [-0.2, 0) is 0 Å². The van der Waals surface area contributed by atoms with Crippen LogP contribution in [0, 0.1) is 5.92 Å². The van der Waals surface area contributed by atoms with E-state index in [4.69, 9.17) is 4.74 Å². The summed E-state index contributed by atoms with van der Waals surface area (Å²) < 4.78 is 5.93. The third-order valence-corrected chi connectivity index (χ3v) is 3.12. The summed E-state index contributed by atoms with van der Waals surface area (Å²) in [5.74, 6) is 1.63. The normalized spacial score (nSPS) is 14.4. The van der Waals surface area contributed by atoms with Crippen molar-refractivity contribution < 1.29 is 4.74 Å². The van der Waals surface area contributed by atoms with Crippen molar-refractivity contribution in [1.82, 2.24) is 5.32 Å². The van der Waals surface area contributed by atoms with Gasteiger partial charge >= 0.3 is 0 Å². The largest absolute Gasteiger partial charge is 0.493 e. The second-order valence-corrected chi connectivity index (χ2v) is 4.75. The molecule has 1 N–H and O–H groups in total. The van der Waals surface area contributed by atoms with Gasteiger partial charge in [-0.3, -0.25) is 0 Å². The third-order valence-electron chi connectivity index (χ3n) is 3.12. The van der Waals surface area contributed by atoms with Crippen molar-refractivity contribution in [1.29, 1.82) is 0 Å². The molecule has 0 aliphatic heterocycles. The van der Waals surface area contributed by atoms with E-state index in [0.717, 1.165) is 12.4 Å². The number of nitrogens with one attached hydrogen (secondary N) is 1. The van der Waals surface area contributed by atoms with E-state index in [2.05, 4.69) is 44.3 Å². The molecule has 0 bridgehead atoms. The van der Waals surface area contributed by atoms with Gasteiger partial charge in [0.2, 0.25) is 0 Å². The molecule has 0 aliphatic carbocycles. The van der Waals surface area contributed by atoms with Gasteiger partial charge in [-0.1, -0.05) is 38.5 Å². The third kappa shape index (κ3) is 4.39. The van der Waals surface area contributed by atoms with Crippen LogP contribution in [0.15, 0.2) is 24.3 Å². The molecule has 0 aromatic heterocycles. The van der Waals surface area contributed by atoms with Crippen molar-refractivity contribution in [3.8, 4) is 5.75 Å². The van der Waals surface area contributed by atoms with Gasteiger partial charge in [0.25, 0.3) is 0 Å². The Balaban J connectivity index is 2.63. The Bertz CT molecular complexity index is 324. The Morgan fingerprint density at radius 2 is 1.94 bits per heavy atom. The van der Waals surface area contributed by atoms with Gasteiger partial charge in [-0.05, 0) is 32.4 Å². The molecule has 1 rings (SSSR count). The summed E-state index contributed by atoms with van der Waals surface area (Å²) in [6.45, 7) is 7.42. The maximum absolute atomic E-state index is 5.93. The minimum Gasteiger partial charge on any atom is -0.493 e. The number of rotatable bonds is 7. The molecule has 17 heavy (non-hydrogen) atoms.